The van der Waals surface area contributed by atoms with Crippen molar-refractivity contribution < 1.29 is 14.3 Å². The lowest BCUT2D eigenvalue weighted by molar-refractivity contribution is 0.112. The van der Waals surface area contributed by atoms with E-state index >= 15 is 0 Å². The minimum absolute atomic E-state index is 0.435. The van der Waals surface area contributed by atoms with Gasteiger partial charge in [0.15, 0.2) is 17.8 Å². The molecule has 0 amide bonds. The molecule has 21 heavy (non-hydrogen) atoms. The van der Waals surface area contributed by atoms with Crippen LogP contribution in [-0.2, 0) is 0 Å². The summed E-state index contributed by atoms with van der Waals surface area (Å²) in [4.78, 5) is 11.4. The van der Waals surface area contributed by atoms with Crippen LogP contribution in [0.15, 0.2) is 36.4 Å². The SMILES string of the molecule is COc1cc(C=O)c(-c2cccc(C(C)C)c2)cc1OC. The molecule has 0 bridgehead atoms. The lowest BCUT2D eigenvalue weighted by atomic mass is 9.94. The van der Waals surface area contributed by atoms with E-state index in [0.717, 1.165) is 17.4 Å². The van der Waals surface area contributed by atoms with Gasteiger partial charge in [-0.25, -0.2) is 0 Å². The molecule has 0 aliphatic heterocycles. The average Bonchev–Trinajstić information content (AvgIpc) is 2.53. The molecule has 0 heterocycles. The van der Waals surface area contributed by atoms with E-state index in [9.17, 15) is 4.79 Å². The molecule has 0 radical (unpaired) electrons. The Balaban J connectivity index is 2.62. The van der Waals surface area contributed by atoms with Crippen molar-refractivity contribution in [3.63, 3.8) is 0 Å². The van der Waals surface area contributed by atoms with Crippen LogP contribution in [0.25, 0.3) is 11.1 Å². The van der Waals surface area contributed by atoms with Crippen LogP contribution in [-0.4, -0.2) is 20.5 Å². The van der Waals surface area contributed by atoms with E-state index in [-0.39, 0.29) is 0 Å². The summed E-state index contributed by atoms with van der Waals surface area (Å²) < 4.78 is 10.6. The summed E-state index contributed by atoms with van der Waals surface area (Å²) in [7, 11) is 3.15. The molecule has 0 spiro atoms. The minimum atomic E-state index is 0.435. The van der Waals surface area contributed by atoms with Gasteiger partial charge in [0.1, 0.15) is 0 Å². The van der Waals surface area contributed by atoms with Crippen molar-refractivity contribution in [2.45, 2.75) is 19.8 Å². The summed E-state index contributed by atoms with van der Waals surface area (Å²) in [6.45, 7) is 4.29. The van der Waals surface area contributed by atoms with Gasteiger partial charge in [-0.2, -0.15) is 0 Å². The molecule has 2 aromatic carbocycles. The van der Waals surface area contributed by atoms with Crippen LogP contribution in [0.5, 0.6) is 11.5 Å². The molecule has 0 saturated heterocycles. The highest BCUT2D eigenvalue weighted by Gasteiger charge is 2.13. The zero-order chi connectivity index (χ0) is 15.4. The highest BCUT2D eigenvalue weighted by molar-refractivity contribution is 5.89. The van der Waals surface area contributed by atoms with E-state index in [2.05, 4.69) is 26.0 Å². The fraction of sp³-hybridized carbons (Fsp3) is 0.278. The molecule has 0 N–H and O–H groups in total. The van der Waals surface area contributed by atoms with E-state index in [1.165, 1.54) is 5.56 Å². The Morgan fingerprint density at radius 2 is 1.67 bits per heavy atom. The first kappa shape index (κ1) is 15.1. The maximum atomic E-state index is 11.4. The predicted octanol–water partition coefficient (Wildman–Crippen LogP) is 4.31. The number of hydrogen-bond acceptors (Lipinski definition) is 3. The van der Waals surface area contributed by atoms with Crippen LogP contribution < -0.4 is 9.47 Å². The van der Waals surface area contributed by atoms with Gasteiger partial charge in [0.2, 0.25) is 0 Å². The molecular weight excluding hydrogens is 264 g/mol. The first-order valence-electron chi connectivity index (χ1n) is 6.92. The maximum absolute atomic E-state index is 11.4. The number of benzene rings is 2. The standard InChI is InChI=1S/C18H20O3/c1-12(2)13-6-5-7-14(8-13)16-10-18(21-4)17(20-3)9-15(16)11-19/h5-12H,1-4H3. The second kappa shape index (κ2) is 6.44. The lowest BCUT2D eigenvalue weighted by Gasteiger charge is -2.14. The van der Waals surface area contributed by atoms with Crippen LogP contribution in [0.1, 0.15) is 35.7 Å². The van der Waals surface area contributed by atoms with Crippen molar-refractivity contribution in [2.24, 2.45) is 0 Å². The van der Waals surface area contributed by atoms with Crippen LogP contribution in [0, 0.1) is 0 Å². The van der Waals surface area contributed by atoms with Gasteiger partial charge in [0.25, 0.3) is 0 Å². The summed E-state index contributed by atoms with van der Waals surface area (Å²) in [6, 6.07) is 11.8. The van der Waals surface area contributed by atoms with Crippen molar-refractivity contribution in [1.82, 2.24) is 0 Å². The van der Waals surface area contributed by atoms with Gasteiger partial charge in [-0.05, 0) is 34.7 Å². The number of hydrogen-bond donors (Lipinski definition) is 0. The molecule has 2 aromatic rings. The highest BCUT2D eigenvalue weighted by atomic mass is 16.5. The number of aldehydes is 1. The zero-order valence-electron chi connectivity index (χ0n) is 12.8. The normalized spacial score (nSPS) is 10.5. The third-order valence-electron chi connectivity index (χ3n) is 3.55. The van der Waals surface area contributed by atoms with Gasteiger partial charge in [-0.15, -0.1) is 0 Å². The van der Waals surface area contributed by atoms with Gasteiger partial charge in [-0.3, -0.25) is 4.79 Å². The van der Waals surface area contributed by atoms with Crippen molar-refractivity contribution in [2.75, 3.05) is 14.2 Å². The third-order valence-corrected chi connectivity index (χ3v) is 3.55. The molecule has 3 heteroatoms. The summed E-state index contributed by atoms with van der Waals surface area (Å²) in [5.74, 6) is 1.61. The second-order valence-corrected chi connectivity index (χ2v) is 5.19. The fourth-order valence-electron chi connectivity index (χ4n) is 2.31. The smallest absolute Gasteiger partial charge is 0.161 e. The molecule has 3 nitrogen and oxygen atoms in total. The predicted molar refractivity (Wildman–Crippen MR) is 84.5 cm³/mol. The molecule has 0 aliphatic rings. The molecule has 110 valence electrons. The van der Waals surface area contributed by atoms with Crippen LogP contribution in [0.2, 0.25) is 0 Å². The van der Waals surface area contributed by atoms with Gasteiger partial charge in [-0.1, -0.05) is 38.1 Å². The molecule has 0 atom stereocenters. The van der Waals surface area contributed by atoms with Crippen molar-refractivity contribution in [3.05, 3.63) is 47.5 Å². The molecular formula is C18H20O3. The Hall–Kier alpha value is -2.29. The van der Waals surface area contributed by atoms with E-state index in [0.29, 0.717) is 23.0 Å². The lowest BCUT2D eigenvalue weighted by Crippen LogP contribution is -1.96. The maximum Gasteiger partial charge on any atom is 0.161 e. The molecule has 0 fully saturated rings. The topological polar surface area (TPSA) is 35.5 Å². The first-order valence-corrected chi connectivity index (χ1v) is 6.92. The molecule has 0 aromatic heterocycles. The third kappa shape index (κ3) is 3.07. The number of carbonyl (C=O) groups is 1. The van der Waals surface area contributed by atoms with E-state index in [4.69, 9.17) is 9.47 Å². The van der Waals surface area contributed by atoms with E-state index < -0.39 is 0 Å². The fourth-order valence-corrected chi connectivity index (χ4v) is 2.31. The Labute approximate surface area is 125 Å². The summed E-state index contributed by atoms with van der Waals surface area (Å²) in [5.41, 5.74) is 3.68. The molecule has 0 aliphatic carbocycles. The highest BCUT2D eigenvalue weighted by Crippen LogP contribution is 2.35. The van der Waals surface area contributed by atoms with E-state index in [1.807, 2.05) is 18.2 Å². The quantitative estimate of drug-likeness (QED) is 0.768. The number of carbonyl (C=O) groups excluding carboxylic acids is 1. The first-order chi connectivity index (χ1) is 10.1. The van der Waals surface area contributed by atoms with Crippen LogP contribution >= 0.6 is 0 Å². The van der Waals surface area contributed by atoms with Gasteiger partial charge in [0.05, 0.1) is 14.2 Å². The molecule has 0 saturated carbocycles. The zero-order valence-corrected chi connectivity index (χ0v) is 12.8. The number of methoxy groups -OCH3 is 2. The second-order valence-electron chi connectivity index (χ2n) is 5.19. The summed E-state index contributed by atoms with van der Waals surface area (Å²) in [6.07, 6.45) is 0.847. The Morgan fingerprint density at radius 3 is 2.24 bits per heavy atom. The Morgan fingerprint density at radius 1 is 1.00 bits per heavy atom. The van der Waals surface area contributed by atoms with Gasteiger partial charge >= 0.3 is 0 Å². The van der Waals surface area contributed by atoms with Crippen LogP contribution in [0.4, 0.5) is 0 Å². The minimum Gasteiger partial charge on any atom is -0.493 e. The Kier molecular flexibility index (Phi) is 4.63. The molecule has 2 rings (SSSR count). The largest absolute Gasteiger partial charge is 0.493 e. The van der Waals surface area contributed by atoms with Gasteiger partial charge in [0, 0.05) is 5.56 Å². The van der Waals surface area contributed by atoms with Crippen molar-refractivity contribution >= 4 is 6.29 Å². The van der Waals surface area contributed by atoms with Gasteiger partial charge < -0.3 is 9.47 Å². The number of ether oxygens (including phenoxy) is 2. The summed E-state index contributed by atoms with van der Waals surface area (Å²) >= 11 is 0. The molecule has 0 unspecified atom stereocenters. The van der Waals surface area contributed by atoms with Crippen molar-refractivity contribution in [3.8, 4) is 22.6 Å². The monoisotopic (exact) mass is 284 g/mol. The number of rotatable bonds is 5. The van der Waals surface area contributed by atoms with Crippen molar-refractivity contribution in [1.29, 1.82) is 0 Å². The summed E-state index contributed by atoms with van der Waals surface area (Å²) in [5, 5.41) is 0. The van der Waals surface area contributed by atoms with Crippen LogP contribution in [0.3, 0.4) is 0 Å². The van der Waals surface area contributed by atoms with E-state index in [1.54, 1.807) is 20.3 Å². The average molecular weight is 284 g/mol. The Bertz CT molecular complexity index is 645.